The molecule has 0 atom stereocenters. The van der Waals surface area contributed by atoms with Crippen LogP contribution in [0.15, 0.2) is 30.6 Å². The lowest BCUT2D eigenvalue weighted by Gasteiger charge is -2.33. The first-order valence-electron chi connectivity index (χ1n) is 9.40. The molecule has 0 radical (unpaired) electrons. The molecule has 5 nitrogen and oxygen atoms in total. The third kappa shape index (κ3) is 4.91. The highest BCUT2D eigenvalue weighted by Gasteiger charge is 2.29. The van der Waals surface area contributed by atoms with Gasteiger partial charge in [0.15, 0.2) is 0 Å². The van der Waals surface area contributed by atoms with Crippen molar-refractivity contribution in [2.24, 2.45) is 5.92 Å². The second-order valence-corrected chi connectivity index (χ2v) is 6.96. The van der Waals surface area contributed by atoms with Crippen LogP contribution < -0.4 is 0 Å². The molecule has 3 rings (SSSR count). The molecule has 1 aromatic heterocycles. The van der Waals surface area contributed by atoms with E-state index in [9.17, 15) is 9.59 Å². The summed E-state index contributed by atoms with van der Waals surface area (Å²) in [6.45, 7) is 3.15. The van der Waals surface area contributed by atoms with Gasteiger partial charge in [-0.1, -0.05) is 18.9 Å². The Balaban J connectivity index is 1.48. The second kappa shape index (κ2) is 8.79. The molecule has 2 fully saturated rings. The number of pyridine rings is 1. The minimum atomic E-state index is 0.0181. The van der Waals surface area contributed by atoms with Crippen LogP contribution >= 0.6 is 0 Å². The first kappa shape index (κ1) is 17.6. The van der Waals surface area contributed by atoms with E-state index >= 15 is 0 Å². The highest BCUT2D eigenvalue weighted by atomic mass is 16.2. The monoisotopic (exact) mass is 341 g/mol. The molecule has 1 aromatic rings. The summed E-state index contributed by atoms with van der Waals surface area (Å²) >= 11 is 0. The van der Waals surface area contributed by atoms with E-state index in [-0.39, 0.29) is 11.8 Å². The largest absolute Gasteiger partial charge is 0.342 e. The lowest BCUT2D eigenvalue weighted by molar-refractivity contribution is -0.139. The first-order valence-corrected chi connectivity index (χ1v) is 9.40. The van der Waals surface area contributed by atoms with Gasteiger partial charge in [0.25, 0.3) is 0 Å². The Morgan fingerprint density at radius 2 is 1.72 bits per heavy atom. The maximum atomic E-state index is 12.7. The fraction of sp³-hybridized carbons (Fsp3) is 0.550. The van der Waals surface area contributed by atoms with Crippen molar-refractivity contribution in [3.05, 3.63) is 36.2 Å². The Morgan fingerprint density at radius 3 is 2.36 bits per heavy atom. The summed E-state index contributed by atoms with van der Waals surface area (Å²) in [6, 6.07) is 3.77. The van der Waals surface area contributed by atoms with Crippen molar-refractivity contribution in [1.29, 1.82) is 0 Å². The maximum absolute atomic E-state index is 12.7. The number of piperidine rings is 1. The van der Waals surface area contributed by atoms with Crippen LogP contribution in [-0.2, 0) is 9.59 Å². The topological polar surface area (TPSA) is 53.5 Å². The Hall–Kier alpha value is -2.17. The molecule has 3 heterocycles. The van der Waals surface area contributed by atoms with Crippen molar-refractivity contribution in [1.82, 2.24) is 14.8 Å². The molecule has 5 heteroatoms. The third-order valence-electron chi connectivity index (χ3n) is 5.18. The molecule has 0 unspecified atom stereocenters. The van der Waals surface area contributed by atoms with Crippen molar-refractivity contribution < 1.29 is 9.59 Å². The van der Waals surface area contributed by atoms with Crippen LogP contribution in [0.2, 0.25) is 0 Å². The van der Waals surface area contributed by atoms with Crippen LogP contribution in [0.3, 0.4) is 0 Å². The molecule has 0 spiro atoms. The fourth-order valence-corrected chi connectivity index (χ4v) is 3.64. The summed E-state index contributed by atoms with van der Waals surface area (Å²) < 4.78 is 0. The Bertz CT molecular complexity index is 599. The third-order valence-corrected chi connectivity index (χ3v) is 5.18. The van der Waals surface area contributed by atoms with E-state index in [0.717, 1.165) is 44.3 Å². The van der Waals surface area contributed by atoms with E-state index in [1.165, 1.54) is 12.8 Å². The van der Waals surface area contributed by atoms with Crippen LogP contribution in [0.4, 0.5) is 0 Å². The van der Waals surface area contributed by atoms with Gasteiger partial charge in [0.2, 0.25) is 11.8 Å². The van der Waals surface area contributed by atoms with Crippen molar-refractivity contribution in [3.63, 3.8) is 0 Å². The lowest BCUT2D eigenvalue weighted by atomic mass is 9.95. The van der Waals surface area contributed by atoms with E-state index in [1.54, 1.807) is 24.5 Å². The molecular formula is C20H27N3O2. The van der Waals surface area contributed by atoms with Gasteiger partial charge in [-0.15, -0.1) is 0 Å². The summed E-state index contributed by atoms with van der Waals surface area (Å²) in [6.07, 6.45) is 13.1. The average Bonchev–Trinajstić information content (AvgIpc) is 2.96. The van der Waals surface area contributed by atoms with Crippen LogP contribution in [0.25, 0.3) is 6.08 Å². The van der Waals surface area contributed by atoms with E-state index in [0.29, 0.717) is 19.0 Å². The van der Waals surface area contributed by atoms with Gasteiger partial charge in [0, 0.05) is 50.6 Å². The normalized spacial score (nSPS) is 19.8. The first-order chi connectivity index (χ1) is 12.2. The number of rotatable bonds is 3. The number of nitrogens with zero attached hydrogens (tertiary/aromatic N) is 3. The van der Waals surface area contributed by atoms with E-state index in [1.807, 2.05) is 17.0 Å². The zero-order valence-corrected chi connectivity index (χ0v) is 14.8. The summed E-state index contributed by atoms with van der Waals surface area (Å²) in [5.74, 6) is 0.411. The summed E-state index contributed by atoms with van der Waals surface area (Å²) in [5, 5.41) is 0. The number of likely N-dealkylation sites (tertiary alicyclic amines) is 2. The van der Waals surface area contributed by atoms with Gasteiger partial charge < -0.3 is 9.80 Å². The fourth-order valence-electron chi connectivity index (χ4n) is 3.64. The summed E-state index contributed by atoms with van der Waals surface area (Å²) in [7, 11) is 0. The zero-order valence-electron chi connectivity index (χ0n) is 14.8. The molecule has 0 aromatic carbocycles. The number of carbonyl (C=O) groups excluding carboxylic acids is 2. The molecular weight excluding hydrogens is 314 g/mol. The highest BCUT2D eigenvalue weighted by Crippen LogP contribution is 2.22. The number of aromatic nitrogens is 1. The second-order valence-electron chi connectivity index (χ2n) is 6.96. The molecule has 0 N–H and O–H groups in total. The number of hydrogen-bond donors (Lipinski definition) is 0. The van der Waals surface area contributed by atoms with E-state index in [4.69, 9.17) is 0 Å². The Labute approximate surface area is 149 Å². The van der Waals surface area contributed by atoms with Crippen LogP contribution in [0.5, 0.6) is 0 Å². The predicted octanol–water partition coefficient (Wildman–Crippen LogP) is 2.74. The van der Waals surface area contributed by atoms with Crippen molar-refractivity contribution in [2.45, 2.75) is 38.5 Å². The van der Waals surface area contributed by atoms with Gasteiger partial charge in [-0.3, -0.25) is 14.6 Å². The Kier molecular flexibility index (Phi) is 6.20. The standard InChI is InChI=1S/C20H27N3O2/c24-19(8-7-17-6-5-11-21-16-17)22-14-9-18(10-15-22)20(25)23-12-3-1-2-4-13-23/h5-8,11,16,18H,1-4,9-10,12-15H2/b8-7+. The molecule has 0 bridgehead atoms. The average molecular weight is 341 g/mol. The summed E-state index contributed by atoms with van der Waals surface area (Å²) in [5.41, 5.74) is 0.919. The minimum absolute atomic E-state index is 0.0181. The SMILES string of the molecule is O=C(/C=C/c1cccnc1)N1CCC(C(=O)N2CCCCCC2)CC1. The van der Waals surface area contributed by atoms with Gasteiger partial charge in [-0.05, 0) is 43.4 Å². The summed E-state index contributed by atoms with van der Waals surface area (Å²) in [4.78, 5) is 32.9. The van der Waals surface area contributed by atoms with Gasteiger partial charge in [0.1, 0.15) is 0 Å². The molecule has 2 aliphatic rings. The number of amides is 2. The van der Waals surface area contributed by atoms with Gasteiger partial charge in [0.05, 0.1) is 0 Å². The molecule has 134 valence electrons. The maximum Gasteiger partial charge on any atom is 0.246 e. The number of hydrogen-bond acceptors (Lipinski definition) is 3. The van der Waals surface area contributed by atoms with Crippen LogP contribution in [-0.4, -0.2) is 52.8 Å². The molecule has 0 saturated carbocycles. The van der Waals surface area contributed by atoms with Gasteiger partial charge in [-0.2, -0.15) is 0 Å². The quantitative estimate of drug-likeness (QED) is 0.795. The predicted molar refractivity (Wildman–Crippen MR) is 97.6 cm³/mol. The highest BCUT2D eigenvalue weighted by molar-refractivity contribution is 5.92. The van der Waals surface area contributed by atoms with Crippen LogP contribution in [0, 0.1) is 5.92 Å². The number of carbonyl (C=O) groups is 2. The van der Waals surface area contributed by atoms with Crippen molar-refractivity contribution in [2.75, 3.05) is 26.2 Å². The van der Waals surface area contributed by atoms with Gasteiger partial charge in [-0.25, -0.2) is 0 Å². The van der Waals surface area contributed by atoms with Crippen LogP contribution in [0.1, 0.15) is 44.1 Å². The Morgan fingerprint density at radius 1 is 1.00 bits per heavy atom. The lowest BCUT2D eigenvalue weighted by Crippen LogP contribution is -2.44. The molecule has 2 amide bonds. The molecule has 25 heavy (non-hydrogen) atoms. The smallest absolute Gasteiger partial charge is 0.246 e. The van der Waals surface area contributed by atoms with E-state index < -0.39 is 0 Å². The van der Waals surface area contributed by atoms with E-state index in [2.05, 4.69) is 9.88 Å². The minimum Gasteiger partial charge on any atom is -0.342 e. The van der Waals surface area contributed by atoms with Crippen molar-refractivity contribution >= 4 is 17.9 Å². The molecule has 2 saturated heterocycles. The van der Waals surface area contributed by atoms with Gasteiger partial charge >= 0.3 is 0 Å². The van der Waals surface area contributed by atoms with Crippen molar-refractivity contribution in [3.8, 4) is 0 Å². The zero-order chi connectivity index (χ0) is 17.5. The molecule has 0 aliphatic carbocycles. The molecule has 2 aliphatic heterocycles.